The zero-order valence-electron chi connectivity index (χ0n) is 55.8. The lowest BCUT2D eigenvalue weighted by molar-refractivity contribution is -0.143. The maximum Gasteiger partial charge on any atom is 0.305 e. The highest BCUT2D eigenvalue weighted by molar-refractivity contribution is 5.76. The van der Waals surface area contributed by atoms with Gasteiger partial charge in [0.05, 0.1) is 25.4 Å². The van der Waals surface area contributed by atoms with Gasteiger partial charge in [-0.15, -0.1) is 0 Å². The van der Waals surface area contributed by atoms with E-state index < -0.39 is 12.1 Å². The molecular formula is C76H147NO5. The highest BCUT2D eigenvalue weighted by Gasteiger charge is 2.20. The van der Waals surface area contributed by atoms with Crippen molar-refractivity contribution in [2.45, 2.75) is 437 Å². The van der Waals surface area contributed by atoms with Crippen LogP contribution in [0.3, 0.4) is 0 Å². The number of esters is 1. The number of unbranched alkanes of at least 4 members (excludes halogenated alkanes) is 56. The molecule has 0 aliphatic rings. The standard InChI is InChI=1S/C76H147NO5/c1-3-5-7-9-11-13-15-17-19-21-23-24-25-27-30-33-36-40-44-48-52-56-60-64-68-74(79)73(72-78)77-75(80)69-65-61-57-53-49-45-41-37-34-31-28-26-29-32-35-39-43-47-51-55-59-63-67-71-82-76(81)70-66-62-58-54-50-46-42-38-22-20-18-16-14-12-10-8-6-4-2/h26,29,31,34,73-74,78-79H,3-25,27-28,30,32-33,35-72H2,1-2H3,(H,77,80)/b29-26-,34-31-. The number of allylic oxidation sites excluding steroid dienone is 4. The van der Waals surface area contributed by atoms with Crippen LogP contribution in [0, 0.1) is 0 Å². The fourth-order valence-corrected chi connectivity index (χ4v) is 12.0. The van der Waals surface area contributed by atoms with Crippen LogP contribution in [0.2, 0.25) is 0 Å². The quantitative estimate of drug-likeness (QED) is 0.0320. The van der Waals surface area contributed by atoms with Gasteiger partial charge in [0, 0.05) is 12.8 Å². The second-order valence-corrected chi connectivity index (χ2v) is 26.0. The molecule has 0 fully saturated rings. The maximum absolute atomic E-state index is 12.6. The minimum absolute atomic E-state index is 0.0127. The Balaban J connectivity index is 3.42. The Morgan fingerprint density at radius 2 is 0.610 bits per heavy atom. The number of carbonyl (C=O) groups is 2. The van der Waals surface area contributed by atoms with E-state index in [-0.39, 0.29) is 18.5 Å². The van der Waals surface area contributed by atoms with Crippen LogP contribution in [0.4, 0.5) is 0 Å². The van der Waals surface area contributed by atoms with Crippen molar-refractivity contribution in [2.75, 3.05) is 13.2 Å². The summed E-state index contributed by atoms with van der Waals surface area (Å²) in [5, 5.41) is 23.4. The molecule has 1 amide bonds. The number of aliphatic hydroxyl groups is 2. The van der Waals surface area contributed by atoms with Gasteiger partial charge in [-0.3, -0.25) is 9.59 Å². The van der Waals surface area contributed by atoms with E-state index in [1.54, 1.807) is 0 Å². The zero-order chi connectivity index (χ0) is 59.2. The smallest absolute Gasteiger partial charge is 0.305 e. The minimum Gasteiger partial charge on any atom is -0.466 e. The van der Waals surface area contributed by atoms with Gasteiger partial charge in [-0.25, -0.2) is 0 Å². The van der Waals surface area contributed by atoms with E-state index in [0.717, 1.165) is 44.9 Å². The van der Waals surface area contributed by atoms with Gasteiger partial charge >= 0.3 is 5.97 Å². The Morgan fingerprint density at radius 3 is 0.927 bits per heavy atom. The van der Waals surface area contributed by atoms with Crippen LogP contribution in [0.15, 0.2) is 24.3 Å². The van der Waals surface area contributed by atoms with Crippen LogP contribution >= 0.6 is 0 Å². The van der Waals surface area contributed by atoms with Gasteiger partial charge in [-0.1, -0.05) is 378 Å². The highest BCUT2D eigenvalue weighted by atomic mass is 16.5. The molecule has 82 heavy (non-hydrogen) atoms. The molecule has 6 nitrogen and oxygen atoms in total. The molecular weight excluding hydrogens is 1010 g/mol. The van der Waals surface area contributed by atoms with Crippen molar-refractivity contribution in [1.29, 1.82) is 0 Å². The first-order valence-electron chi connectivity index (χ1n) is 37.6. The van der Waals surface area contributed by atoms with Crippen LogP contribution in [0.25, 0.3) is 0 Å². The van der Waals surface area contributed by atoms with E-state index in [4.69, 9.17) is 4.74 Å². The minimum atomic E-state index is -0.673. The molecule has 0 aromatic rings. The molecule has 6 heteroatoms. The van der Waals surface area contributed by atoms with Crippen molar-refractivity contribution in [3.8, 4) is 0 Å². The molecule has 486 valence electrons. The van der Waals surface area contributed by atoms with Crippen molar-refractivity contribution in [3.05, 3.63) is 24.3 Å². The number of amides is 1. The summed E-state index contributed by atoms with van der Waals surface area (Å²) < 4.78 is 5.51. The molecule has 0 saturated carbocycles. The van der Waals surface area contributed by atoms with Gasteiger partial charge < -0.3 is 20.3 Å². The van der Waals surface area contributed by atoms with Gasteiger partial charge in [0.2, 0.25) is 5.91 Å². The molecule has 2 unspecified atom stereocenters. The second-order valence-electron chi connectivity index (χ2n) is 26.0. The molecule has 0 bridgehead atoms. The summed E-state index contributed by atoms with van der Waals surface area (Å²) in [5.41, 5.74) is 0. The molecule has 0 rings (SSSR count). The number of rotatable bonds is 71. The third kappa shape index (κ3) is 67.5. The Hall–Kier alpha value is -1.66. The fraction of sp³-hybridized carbons (Fsp3) is 0.921. The Kier molecular flexibility index (Phi) is 70.4. The lowest BCUT2D eigenvalue weighted by atomic mass is 10.0. The van der Waals surface area contributed by atoms with E-state index in [1.165, 1.54) is 347 Å². The monoisotopic (exact) mass is 1150 g/mol. The number of hydrogen-bond donors (Lipinski definition) is 3. The fourth-order valence-electron chi connectivity index (χ4n) is 12.0. The molecule has 2 atom stereocenters. The summed E-state index contributed by atoms with van der Waals surface area (Å²) >= 11 is 0. The van der Waals surface area contributed by atoms with Gasteiger partial charge in [0.1, 0.15) is 0 Å². The number of nitrogens with one attached hydrogen (secondary N) is 1. The first kappa shape index (κ1) is 80.3. The van der Waals surface area contributed by atoms with E-state index in [1.807, 2.05) is 0 Å². The maximum atomic E-state index is 12.6. The highest BCUT2D eigenvalue weighted by Crippen LogP contribution is 2.19. The zero-order valence-corrected chi connectivity index (χ0v) is 55.8. The summed E-state index contributed by atoms with van der Waals surface area (Å²) in [6, 6.07) is -0.551. The lowest BCUT2D eigenvalue weighted by Crippen LogP contribution is -2.45. The van der Waals surface area contributed by atoms with E-state index in [0.29, 0.717) is 25.9 Å². The van der Waals surface area contributed by atoms with E-state index in [9.17, 15) is 19.8 Å². The molecule has 0 aliphatic carbocycles. The van der Waals surface area contributed by atoms with Crippen LogP contribution in [0.1, 0.15) is 425 Å². The van der Waals surface area contributed by atoms with Crippen molar-refractivity contribution in [2.24, 2.45) is 0 Å². The second kappa shape index (κ2) is 71.8. The van der Waals surface area contributed by atoms with Gasteiger partial charge in [-0.2, -0.15) is 0 Å². The Morgan fingerprint density at radius 1 is 0.341 bits per heavy atom. The SMILES string of the molecule is CCCCCCCCCCCCCCCCCCCCCCCCCCC(O)C(CO)NC(=O)CCCCCCCCC/C=C\C/C=C\CCCCCCCCCCCOC(=O)CCCCCCCCCCCCCCCCCCCC. The Labute approximate surface area is 513 Å². The predicted octanol–water partition coefficient (Wildman–Crippen LogP) is 24.5. The largest absolute Gasteiger partial charge is 0.466 e. The summed E-state index contributed by atoms with van der Waals surface area (Å²) in [6.45, 7) is 4.99. The first-order chi connectivity index (χ1) is 40.5. The molecule has 0 heterocycles. The summed E-state index contributed by atoms with van der Waals surface area (Å²) in [6.07, 6.45) is 91.0. The molecule has 0 aromatic heterocycles. The molecule has 0 saturated heterocycles. The van der Waals surface area contributed by atoms with Crippen molar-refractivity contribution in [1.82, 2.24) is 5.32 Å². The van der Waals surface area contributed by atoms with Crippen LogP contribution in [-0.2, 0) is 14.3 Å². The van der Waals surface area contributed by atoms with Gasteiger partial charge in [-0.05, 0) is 57.8 Å². The lowest BCUT2D eigenvalue weighted by Gasteiger charge is -2.22. The van der Waals surface area contributed by atoms with Crippen molar-refractivity contribution >= 4 is 11.9 Å². The van der Waals surface area contributed by atoms with Crippen LogP contribution in [-0.4, -0.2) is 47.4 Å². The topological polar surface area (TPSA) is 95.9 Å². The molecule has 3 N–H and O–H groups in total. The van der Waals surface area contributed by atoms with Gasteiger partial charge in [0.15, 0.2) is 0 Å². The number of ether oxygens (including phenoxy) is 1. The van der Waals surface area contributed by atoms with Crippen molar-refractivity contribution < 1.29 is 24.5 Å². The summed E-state index contributed by atoms with van der Waals surface area (Å²) in [7, 11) is 0. The van der Waals surface area contributed by atoms with Crippen LogP contribution < -0.4 is 5.32 Å². The average molecular weight is 1160 g/mol. The van der Waals surface area contributed by atoms with Crippen molar-refractivity contribution in [3.63, 3.8) is 0 Å². The number of carbonyl (C=O) groups excluding carboxylic acids is 2. The number of hydrogen-bond acceptors (Lipinski definition) is 5. The summed E-state index contributed by atoms with van der Waals surface area (Å²) in [5.74, 6) is -0.0277. The third-order valence-electron chi connectivity index (χ3n) is 17.8. The first-order valence-corrected chi connectivity index (χ1v) is 37.6. The number of aliphatic hydroxyl groups excluding tert-OH is 2. The van der Waals surface area contributed by atoms with E-state index in [2.05, 4.69) is 43.5 Å². The predicted molar refractivity (Wildman–Crippen MR) is 361 cm³/mol. The van der Waals surface area contributed by atoms with E-state index >= 15 is 0 Å². The molecule has 0 aromatic carbocycles. The molecule has 0 radical (unpaired) electrons. The Bertz CT molecular complexity index is 1280. The summed E-state index contributed by atoms with van der Waals surface area (Å²) in [4.78, 5) is 24.7. The molecule has 0 spiro atoms. The normalized spacial score (nSPS) is 12.6. The van der Waals surface area contributed by atoms with Gasteiger partial charge in [0.25, 0.3) is 0 Å². The van der Waals surface area contributed by atoms with Crippen LogP contribution in [0.5, 0.6) is 0 Å². The third-order valence-corrected chi connectivity index (χ3v) is 17.8. The molecule has 0 aliphatic heterocycles. The average Bonchev–Trinajstić information content (AvgIpc) is 3.48.